The highest BCUT2D eigenvalue weighted by atomic mass is 16.1. The lowest BCUT2D eigenvalue weighted by atomic mass is 9.96. The summed E-state index contributed by atoms with van der Waals surface area (Å²) in [5.41, 5.74) is 4.89. The second-order valence-corrected chi connectivity index (χ2v) is 10.8. The van der Waals surface area contributed by atoms with E-state index in [0.717, 1.165) is 28.7 Å². The number of H-pyrrole nitrogens is 1. The van der Waals surface area contributed by atoms with E-state index in [9.17, 15) is 4.79 Å². The summed E-state index contributed by atoms with van der Waals surface area (Å²) in [5, 5.41) is 14.0. The molecule has 0 saturated carbocycles. The fraction of sp³-hybridized carbons (Fsp3) is 0.448. The van der Waals surface area contributed by atoms with Gasteiger partial charge in [-0.1, -0.05) is 51.1 Å². The lowest BCUT2D eigenvalue weighted by Gasteiger charge is -2.35. The number of hydrogen-bond acceptors (Lipinski definition) is 5. The Morgan fingerprint density at radius 1 is 1.03 bits per heavy atom. The van der Waals surface area contributed by atoms with E-state index in [1.165, 1.54) is 16.7 Å². The summed E-state index contributed by atoms with van der Waals surface area (Å²) in [5.74, 6) is 1.05. The van der Waals surface area contributed by atoms with Crippen molar-refractivity contribution in [2.45, 2.75) is 79.6 Å². The molecular formula is C29H38N6O. The van der Waals surface area contributed by atoms with E-state index in [4.69, 9.17) is 0 Å². The summed E-state index contributed by atoms with van der Waals surface area (Å²) in [7, 11) is 0. The van der Waals surface area contributed by atoms with Crippen LogP contribution in [0.4, 0.5) is 0 Å². The number of aryl methyl sites for hydroxylation is 2. The lowest BCUT2D eigenvalue weighted by molar-refractivity contribution is 0.118. The molecule has 0 aliphatic heterocycles. The maximum Gasteiger partial charge on any atom is 0.252 e. The molecule has 0 aliphatic carbocycles. The van der Waals surface area contributed by atoms with Gasteiger partial charge in [-0.15, -0.1) is 5.10 Å². The molecule has 0 spiro atoms. The average molecular weight is 487 g/mol. The summed E-state index contributed by atoms with van der Waals surface area (Å²) in [6.45, 7) is 16.2. The number of tetrazole rings is 1. The first kappa shape index (κ1) is 25.8. The molecule has 190 valence electrons. The Balaban J connectivity index is 1.82. The molecule has 4 rings (SSSR count). The average Bonchev–Trinajstić information content (AvgIpc) is 3.32. The second kappa shape index (κ2) is 10.3. The monoisotopic (exact) mass is 486 g/mol. The van der Waals surface area contributed by atoms with E-state index in [0.29, 0.717) is 13.1 Å². The largest absolute Gasteiger partial charge is 0.322 e. The molecule has 36 heavy (non-hydrogen) atoms. The normalized spacial score (nSPS) is 13.1. The Hall–Kier alpha value is -3.32. The Bertz CT molecular complexity index is 1390. The molecule has 1 unspecified atom stereocenters. The molecule has 0 radical (unpaired) electrons. The number of pyridine rings is 1. The minimum atomic E-state index is -0.222. The molecule has 0 aliphatic rings. The third-order valence-electron chi connectivity index (χ3n) is 7.36. The van der Waals surface area contributed by atoms with Crippen LogP contribution in [0.25, 0.3) is 10.9 Å². The van der Waals surface area contributed by atoms with E-state index in [1.54, 1.807) is 0 Å². The number of benzene rings is 2. The van der Waals surface area contributed by atoms with Gasteiger partial charge in [0.05, 0.1) is 11.6 Å². The predicted octanol–water partition coefficient (Wildman–Crippen LogP) is 5.68. The van der Waals surface area contributed by atoms with Crippen molar-refractivity contribution in [2.24, 2.45) is 5.92 Å². The number of aromatic amines is 1. The van der Waals surface area contributed by atoms with Crippen LogP contribution in [0, 0.1) is 19.8 Å². The number of aromatic nitrogens is 5. The minimum Gasteiger partial charge on any atom is -0.322 e. The first-order chi connectivity index (χ1) is 17.1. The second-order valence-electron chi connectivity index (χ2n) is 10.8. The van der Waals surface area contributed by atoms with Crippen LogP contribution in [-0.4, -0.2) is 30.1 Å². The quantitative estimate of drug-likeness (QED) is 0.329. The van der Waals surface area contributed by atoms with Gasteiger partial charge < -0.3 is 4.98 Å². The topological polar surface area (TPSA) is 79.7 Å². The zero-order chi connectivity index (χ0) is 26.0. The SMILES string of the molecule is CCC(C)(C)n1nnnc1C(C(C)C)N(Cc1ccccc1)Cc1cc2cc(C)c(C)cc2[nH]c1=O. The number of nitrogens with one attached hydrogen (secondary N) is 1. The highest BCUT2D eigenvalue weighted by molar-refractivity contribution is 5.80. The third kappa shape index (κ3) is 5.26. The molecule has 0 fully saturated rings. The van der Waals surface area contributed by atoms with Crippen LogP contribution in [0.1, 0.15) is 75.2 Å². The summed E-state index contributed by atoms with van der Waals surface area (Å²) < 4.78 is 1.96. The molecule has 1 atom stereocenters. The Morgan fingerprint density at radius 3 is 2.39 bits per heavy atom. The van der Waals surface area contributed by atoms with E-state index in [1.807, 2.05) is 16.8 Å². The Labute approximate surface area is 213 Å². The number of nitrogens with zero attached hydrogens (tertiary/aromatic N) is 5. The first-order valence-electron chi connectivity index (χ1n) is 12.8. The van der Waals surface area contributed by atoms with Crippen molar-refractivity contribution in [3.05, 3.63) is 87.0 Å². The van der Waals surface area contributed by atoms with Gasteiger partial charge in [-0.05, 0) is 90.7 Å². The third-order valence-corrected chi connectivity index (χ3v) is 7.36. The molecule has 0 saturated heterocycles. The van der Waals surface area contributed by atoms with Crippen LogP contribution in [0.3, 0.4) is 0 Å². The van der Waals surface area contributed by atoms with Crippen molar-refractivity contribution in [1.29, 1.82) is 0 Å². The van der Waals surface area contributed by atoms with E-state index in [-0.39, 0.29) is 23.1 Å². The fourth-order valence-corrected chi connectivity index (χ4v) is 4.77. The van der Waals surface area contributed by atoms with Gasteiger partial charge in [0.1, 0.15) is 0 Å². The summed E-state index contributed by atoms with van der Waals surface area (Å²) in [4.78, 5) is 18.7. The minimum absolute atomic E-state index is 0.0557. The van der Waals surface area contributed by atoms with Crippen molar-refractivity contribution < 1.29 is 0 Å². The summed E-state index contributed by atoms with van der Waals surface area (Å²) >= 11 is 0. The zero-order valence-corrected chi connectivity index (χ0v) is 22.5. The predicted molar refractivity (Wildman–Crippen MR) is 145 cm³/mol. The van der Waals surface area contributed by atoms with Crippen LogP contribution >= 0.6 is 0 Å². The molecule has 7 nitrogen and oxygen atoms in total. The van der Waals surface area contributed by atoms with E-state index in [2.05, 4.69) is 110 Å². The van der Waals surface area contributed by atoms with Gasteiger partial charge in [0, 0.05) is 24.2 Å². The molecule has 0 bridgehead atoms. The fourth-order valence-electron chi connectivity index (χ4n) is 4.77. The zero-order valence-electron chi connectivity index (χ0n) is 22.5. The molecule has 7 heteroatoms. The molecule has 4 aromatic rings. The highest BCUT2D eigenvalue weighted by Gasteiger charge is 2.33. The summed E-state index contributed by atoms with van der Waals surface area (Å²) in [6.07, 6.45) is 0.900. The van der Waals surface area contributed by atoms with Gasteiger partial charge in [-0.3, -0.25) is 9.69 Å². The molecule has 2 aromatic heterocycles. The Morgan fingerprint density at radius 2 is 1.72 bits per heavy atom. The molecule has 0 amide bonds. The molecule has 2 aromatic carbocycles. The lowest BCUT2D eigenvalue weighted by Crippen LogP contribution is -2.38. The van der Waals surface area contributed by atoms with Crippen molar-refractivity contribution in [2.75, 3.05) is 0 Å². The van der Waals surface area contributed by atoms with Crippen molar-refractivity contribution in [1.82, 2.24) is 30.1 Å². The molecule has 2 heterocycles. The smallest absolute Gasteiger partial charge is 0.252 e. The first-order valence-corrected chi connectivity index (χ1v) is 12.8. The maximum atomic E-state index is 13.2. The number of hydrogen-bond donors (Lipinski definition) is 1. The van der Waals surface area contributed by atoms with E-state index >= 15 is 0 Å². The molecular weight excluding hydrogens is 448 g/mol. The maximum absolute atomic E-state index is 13.2. The molecule has 1 N–H and O–H groups in total. The van der Waals surface area contributed by atoms with Crippen molar-refractivity contribution in [3.8, 4) is 0 Å². The number of rotatable bonds is 9. The number of fused-ring (bicyclic) bond motifs is 1. The van der Waals surface area contributed by atoms with Crippen LogP contribution in [-0.2, 0) is 18.6 Å². The standard InChI is InChI=1S/C29H38N6O/c1-8-29(6,7)35-27(31-32-33-35)26(19(2)3)34(17-22-12-10-9-11-13-22)18-24-16-23-14-20(4)21(5)15-25(23)30-28(24)36/h9-16,19,26H,8,17-18H2,1-7H3,(H,30,36). The van der Waals surface area contributed by atoms with Gasteiger partial charge in [0.2, 0.25) is 0 Å². The van der Waals surface area contributed by atoms with Gasteiger partial charge in [0.25, 0.3) is 5.56 Å². The van der Waals surface area contributed by atoms with Gasteiger partial charge >= 0.3 is 0 Å². The summed E-state index contributed by atoms with van der Waals surface area (Å²) in [6, 6.07) is 16.5. The van der Waals surface area contributed by atoms with Crippen molar-refractivity contribution in [3.63, 3.8) is 0 Å². The van der Waals surface area contributed by atoms with Gasteiger partial charge in [-0.25, -0.2) is 4.68 Å². The van der Waals surface area contributed by atoms with Crippen molar-refractivity contribution >= 4 is 10.9 Å². The van der Waals surface area contributed by atoms with Gasteiger partial charge in [0.15, 0.2) is 5.82 Å². The van der Waals surface area contributed by atoms with Crippen LogP contribution < -0.4 is 5.56 Å². The van der Waals surface area contributed by atoms with Crippen LogP contribution in [0.5, 0.6) is 0 Å². The van der Waals surface area contributed by atoms with Crippen LogP contribution in [0.15, 0.2) is 53.3 Å². The van der Waals surface area contributed by atoms with Gasteiger partial charge in [-0.2, -0.15) is 0 Å². The highest BCUT2D eigenvalue weighted by Crippen LogP contribution is 2.33. The van der Waals surface area contributed by atoms with E-state index < -0.39 is 0 Å². The van der Waals surface area contributed by atoms with Crippen LogP contribution in [0.2, 0.25) is 0 Å². The Kier molecular flexibility index (Phi) is 7.41.